The summed E-state index contributed by atoms with van der Waals surface area (Å²) in [6.45, 7) is 1.87. The van der Waals surface area contributed by atoms with Crippen LogP contribution in [0, 0.1) is 6.92 Å². The van der Waals surface area contributed by atoms with E-state index in [1.54, 1.807) is 42.5 Å². The highest BCUT2D eigenvalue weighted by atomic mass is 16.2. The Bertz CT molecular complexity index is 1070. The fraction of sp³-hybridized carbons (Fsp3) is 0.0417. The summed E-state index contributed by atoms with van der Waals surface area (Å²) in [6, 6.07) is 23.0. The second kappa shape index (κ2) is 9.84. The van der Waals surface area contributed by atoms with Gasteiger partial charge in [-0.25, -0.2) is 0 Å². The molecule has 30 heavy (non-hydrogen) atoms. The molecule has 0 saturated carbocycles. The van der Waals surface area contributed by atoms with Gasteiger partial charge in [0.15, 0.2) is 0 Å². The average Bonchev–Trinajstić information content (AvgIpc) is 2.77. The summed E-state index contributed by atoms with van der Waals surface area (Å²) in [6.07, 6.45) is 2.98. The molecule has 150 valence electrons. The maximum atomic E-state index is 12.4. The largest absolute Gasteiger partial charge is 0.322 e. The minimum Gasteiger partial charge on any atom is -0.322 e. The minimum absolute atomic E-state index is 0.220. The van der Waals surface area contributed by atoms with Crippen molar-refractivity contribution >= 4 is 29.5 Å². The van der Waals surface area contributed by atoms with Crippen LogP contribution in [0.25, 0.3) is 6.08 Å². The summed E-state index contributed by atoms with van der Waals surface area (Å²) < 4.78 is 0. The van der Waals surface area contributed by atoms with Gasteiger partial charge in [0.1, 0.15) is 0 Å². The summed E-state index contributed by atoms with van der Waals surface area (Å²) >= 11 is 0. The van der Waals surface area contributed by atoms with Crippen LogP contribution in [0.1, 0.15) is 31.8 Å². The third-order valence-corrected chi connectivity index (χ3v) is 4.32. The third kappa shape index (κ3) is 5.65. The van der Waals surface area contributed by atoms with Crippen LogP contribution in [0.5, 0.6) is 0 Å². The first kappa shape index (κ1) is 20.5. The molecule has 0 fully saturated rings. The van der Waals surface area contributed by atoms with Gasteiger partial charge < -0.3 is 5.32 Å². The molecular weight excluding hydrogens is 378 g/mol. The van der Waals surface area contributed by atoms with Gasteiger partial charge in [-0.15, -0.1) is 0 Å². The number of carbonyl (C=O) groups excluding carboxylic acids is 3. The number of hydrogen-bond donors (Lipinski definition) is 3. The summed E-state index contributed by atoms with van der Waals surface area (Å²) in [7, 11) is 0. The van der Waals surface area contributed by atoms with Gasteiger partial charge >= 0.3 is 0 Å². The Hall–Kier alpha value is -4.19. The normalized spacial score (nSPS) is 10.4. The van der Waals surface area contributed by atoms with Crippen molar-refractivity contribution < 1.29 is 14.4 Å². The van der Waals surface area contributed by atoms with Crippen molar-refractivity contribution in [3.8, 4) is 0 Å². The molecule has 3 aromatic rings. The molecule has 3 rings (SSSR count). The average molecular weight is 399 g/mol. The highest BCUT2D eigenvalue weighted by Crippen LogP contribution is 2.13. The molecule has 0 spiro atoms. The number of anilines is 1. The number of carbonyl (C=O) groups is 3. The number of rotatable bonds is 5. The van der Waals surface area contributed by atoms with Crippen LogP contribution in [-0.4, -0.2) is 17.7 Å². The number of hydrazine groups is 1. The third-order valence-electron chi connectivity index (χ3n) is 4.32. The van der Waals surface area contributed by atoms with Crippen LogP contribution in [0.3, 0.4) is 0 Å². The predicted octanol–water partition coefficient (Wildman–Crippen LogP) is 3.72. The van der Waals surface area contributed by atoms with Crippen LogP contribution >= 0.6 is 0 Å². The van der Waals surface area contributed by atoms with E-state index in [0.29, 0.717) is 16.8 Å². The first-order valence-corrected chi connectivity index (χ1v) is 9.33. The Balaban J connectivity index is 1.52. The van der Waals surface area contributed by atoms with E-state index >= 15 is 0 Å². The summed E-state index contributed by atoms with van der Waals surface area (Å²) in [4.78, 5) is 36.4. The molecule has 3 N–H and O–H groups in total. The van der Waals surface area contributed by atoms with Gasteiger partial charge in [-0.05, 0) is 54.5 Å². The van der Waals surface area contributed by atoms with Crippen LogP contribution in [0.4, 0.5) is 5.69 Å². The lowest BCUT2D eigenvalue weighted by molar-refractivity contribution is -0.117. The van der Waals surface area contributed by atoms with Crippen LogP contribution in [0.15, 0.2) is 84.9 Å². The molecule has 0 radical (unpaired) electrons. The van der Waals surface area contributed by atoms with Gasteiger partial charge in [-0.3, -0.25) is 25.2 Å². The van der Waals surface area contributed by atoms with E-state index in [0.717, 1.165) is 11.1 Å². The molecule has 6 nitrogen and oxygen atoms in total. The van der Waals surface area contributed by atoms with Gasteiger partial charge in [-0.1, -0.05) is 48.5 Å². The van der Waals surface area contributed by atoms with Crippen LogP contribution in [-0.2, 0) is 4.79 Å². The van der Waals surface area contributed by atoms with E-state index in [1.165, 1.54) is 6.08 Å². The standard InChI is InChI=1S/C24H21N3O3/c1-17-7-5-6-10-21(17)24(30)25-20-14-12-19(13-15-20)23(29)27-26-22(28)16-11-18-8-3-2-4-9-18/h2-16H,1H3,(H,25,30)(H,26,28)(H,27,29). The number of benzene rings is 3. The fourth-order valence-electron chi connectivity index (χ4n) is 2.70. The zero-order valence-corrected chi connectivity index (χ0v) is 16.4. The highest BCUT2D eigenvalue weighted by molar-refractivity contribution is 6.05. The van der Waals surface area contributed by atoms with Crippen molar-refractivity contribution in [2.75, 3.05) is 5.32 Å². The molecule has 0 aliphatic rings. The summed E-state index contributed by atoms with van der Waals surface area (Å²) in [5.74, 6) is -1.13. The van der Waals surface area contributed by atoms with Gasteiger partial charge in [0.05, 0.1) is 0 Å². The van der Waals surface area contributed by atoms with E-state index in [2.05, 4.69) is 16.2 Å². The van der Waals surface area contributed by atoms with Gasteiger partial charge in [-0.2, -0.15) is 0 Å². The lowest BCUT2D eigenvalue weighted by Crippen LogP contribution is -2.40. The predicted molar refractivity (Wildman–Crippen MR) is 117 cm³/mol. The van der Waals surface area contributed by atoms with Crippen molar-refractivity contribution in [2.24, 2.45) is 0 Å². The zero-order valence-electron chi connectivity index (χ0n) is 16.4. The number of amides is 3. The van der Waals surface area contributed by atoms with Crippen molar-refractivity contribution in [3.63, 3.8) is 0 Å². The Morgan fingerprint density at radius 3 is 2.10 bits per heavy atom. The first-order chi connectivity index (χ1) is 14.5. The fourth-order valence-corrected chi connectivity index (χ4v) is 2.70. The molecule has 6 heteroatoms. The molecule has 0 heterocycles. The molecule has 0 saturated heterocycles. The monoisotopic (exact) mass is 399 g/mol. The molecule has 0 atom stereocenters. The Labute approximate surface area is 174 Å². The molecule has 3 amide bonds. The van der Waals surface area contributed by atoms with Gasteiger partial charge in [0, 0.05) is 22.9 Å². The minimum atomic E-state index is -0.465. The van der Waals surface area contributed by atoms with Crippen molar-refractivity contribution in [1.29, 1.82) is 0 Å². The molecule has 0 bridgehead atoms. The van der Waals surface area contributed by atoms with Crippen molar-refractivity contribution in [1.82, 2.24) is 10.9 Å². The maximum absolute atomic E-state index is 12.4. The highest BCUT2D eigenvalue weighted by Gasteiger charge is 2.10. The van der Waals surface area contributed by atoms with E-state index in [1.807, 2.05) is 49.4 Å². The molecule has 0 unspecified atom stereocenters. The quantitative estimate of drug-likeness (QED) is 0.451. The second-order valence-corrected chi connectivity index (χ2v) is 6.53. The molecular formula is C24H21N3O3. The zero-order chi connectivity index (χ0) is 21.3. The summed E-state index contributed by atoms with van der Waals surface area (Å²) in [5.41, 5.74) is 7.93. The topological polar surface area (TPSA) is 87.3 Å². The molecule has 0 aromatic heterocycles. The number of nitrogens with one attached hydrogen (secondary N) is 3. The Kier molecular flexibility index (Phi) is 6.74. The molecule has 0 aliphatic carbocycles. The second-order valence-electron chi connectivity index (χ2n) is 6.53. The van der Waals surface area contributed by atoms with Crippen LogP contribution in [0.2, 0.25) is 0 Å². The van der Waals surface area contributed by atoms with Crippen LogP contribution < -0.4 is 16.2 Å². The number of hydrogen-bond acceptors (Lipinski definition) is 3. The first-order valence-electron chi connectivity index (χ1n) is 9.33. The van der Waals surface area contributed by atoms with E-state index < -0.39 is 11.8 Å². The van der Waals surface area contributed by atoms with E-state index in [-0.39, 0.29) is 5.91 Å². The molecule has 3 aromatic carbocycles. The summed E-state index contributed by atoms with van der Waals surface area (Å²) in [5, 5.41) is 2.80. The maximum Gasteiger partial charge on any atom is 0.269 e. The van der Waals surface area contributed by atoms with Crippen molar-refractivity contribution in [3.05, 3.63) is 107 Å². The van der Waals surface area contributed by atoms with Gasteiger partial charge in [0.2, 0.25) is 0 Å². The smallest absolute Gasteiger partial charge is 0.269 e. The molecule has 0 aliphatic heterocycles. The Morgan fingerprint density at radius 1 is 0.733 bits per heavy atom. The lowest BCUT2D eigenvalue weighted by Gasteiger charge is -2.09. The Morgan fingerprint density at radius 2 is 1.40 bits per heavy atom. The van der Waals surface area contributed by atoms with E-state index in [4.69, 9.17) is 0 Å². The van der Waals surface area contributed by atoms with E-state index in [9.17, 15) is 14.4 Å². The van der Waals surface area contributed by atoms with Gasteiger partial charge in [0.25, 0.3) is 17.7 Å². The lowest BCUT2D eigenvalue weighted by atomic mass is 10.1. The van der Waals surface area contributed by atoms with Crippen molar-refractivity contribution in [2.45, 2.75) is 6.92 Å². The SMILES string of the molecule is Cc1ccccc1C(=O)Nc1ccc(C(=O)NNC(=O)C=Cc2ccccc2)cc1. The number of aryl methyl sites for hydroxylation is 1.